The minimum absolute atomic E-state index is 0.193. The minimum Gasteiger partial charge on any atom is -0.397 e. The van der Waals surface area contributed by atoms with Crippen molar-refractivity contribution in [3.8, 4) is 0 Å². The molecular weight excluding hydrogens is 278 g/mol. The van der Waals surface area contributed by atoms with Crippen LogP contribution in [0.2, 0.25) is 0 Å². The van der Waals surface area contributed by atoms with Crippen molar-refractivity contribution in [3.05, 3.63) is 48.3 Å². The van der Waals surface area contributed by atoms with E-state index in [4.69, 9.17) is 5.73 Å². The highest BCUT2D eigenvalue weighted by Gasteiger charge is 2.11. The normalized spacial score (nSPS) is 11.1. The van der Waals surface area contributed by atoms with Crippen molar-refractivity contribution < 1.29 is 13.2 Å². The lowest BCUT2D eigenvalue weighted by molar-refractivity contribution is 0.102. The maximum atomic E-state index is 12.0. The molecule has 0 saturated heterocycles. The number of rotatable bonds is 3. The van der Waals surface area contributed by atoms with Crippen molar-refractivity contribution >= 4 is 27.1 Å². The third-order valence-corrected chi connectivity index (χ3v) is 3.77. The van der Waals surface area contributed by atoms with Crippen LogP contribution < -0.4 is 11.1 Å². The molecule has 1 aromatic carbocycles. The monoisotopic (exact) mass is 291 g/mol. The van der Waals surface area contributed by atoms with E-state index in [2.05, 4.69) is 10.3 Å². The standard InChI is InChI=1S/C13H13N3O3S/c1-20(18,19)10-4-2-9(3-5-10)16-13(17)11-6-7-15-8-12(11)14/h2-8H,14H2,1H3,(H,16,17). The summed E-state index contributed by atoms with van der Waals surface area (Å²) in [5.74, 6) is -0.378. The van der Waals surface area contributed by atoms with E-state index in [-0.39, 0.29) is 16.5 Å². The van der Waals surface area contributed by atoms with Crippen molar-refractivity contribution in [2.24, 2.45) is 0 Å². The van der Waals surface area contributed by atoms with E-state index in [1.165, 1.54) is 42.7 Å². The van der Waals surface area contributed by atoms with Gasteiger partial charge in [-0.3, -0.25) is 9.78 Å². The molecule has 6 nitrogen and oxygen atoms in total. The van der Waals surface area contributed by atoms with Crippen molar-refractivity contribution in [2.45, 2.75) is 4.90 Å². The molecule has 0 radical (unpaired) electrons. The molecule has 0 saturated carbocycles. The SMILES string of the molecule is CS(=O)(=O)c1ccc(NC(=O)c2ccncc2N)cc1. The summed E-state index contributed by atoms with van der Waals surface area (Å²) in [5, 5.41) is 2.64. The fourth-order valence-electron chi connectivity index (χ4n) is 1.60. The zero-order valence-electron chi connectivity index (χ0n) is 10.7. The number of nitrogens with zero attached hydrogens (tertiary/aromatic N) is 1. The Morgan fingerprint density at radius 3 is 2.40 bits per heavy atom. The van der Waals surface area contributed by atoms with E-state index in [1.807, 2.05) is 0 Å². The smallest absolute Gasteiger partial charge is 0.257 e. The number of nitrogens with one attached hydrogen (secondary N) is 1. The minimum atomic E-state index is -3.25. The number of carbonyl (C=O) groups excluding carboxylic acids is 1. The van der Waals surface area contributed by atoms with Crippen molar-refractivity contribution in [1.29, 1.82) is 0 Å². The predicted octanol–water partition coefficient (Wildman–Crippen LogP) is 1.32. The van der Waals surface area contributed by atoms with Gasteiger partial charge in [-0.05, 0) is 30.3 Å². The first kappa shape index (κ1) is 14.0. The Morgan fingerprint density at radius 2 is 1.85 bits per heavy atom. The predicted molar refractivity (Wildman–Crippen MR) is 76.2 cm³/mol. The molecule has 7 heteroatoms. The Hall–Kier alpha value is -2.41. The molecule has 20 heavy (non-hydrogen) atoms. The lowest BCUT2D eigenvalue weighted by Gasteiger charge is -2.07. The molecule has 0 spiro atoms. The van der Waals surface area contributed by atoms with Crippen LogP contribution in [0.3, 0.4) is 0 Å². The molecule has 3 N–H and O–H groups in total. The molecule has 0 atom stereocenters. The van der Waals surface area contributed by atoms with Crippen LogP contribution in [0.25, 0.3) is 0 Å². The summed E-state index contributed by atoms with van der Waals surface area (Å²) < 4.78 is 22.6. The Morgan fingerprint density at radius 1 is 1.20 bits per heavy atom. The first-order valence-electron chi connectivity index (χ1n) is 5.69. The number of nitrogens with two attached hydrogens (primary N) is 1. The second-order valence-electron chi connectivity index (χ2n) is 4.21. The number of sulfone groups is 1. The third-order valence-electron chi connectivity index (χ3n) is 2.64. The number of carbonyl (C=O) groups is 1. The van der Waals surface area contributed by atoms with Gasteiger partial charge in [0.2, 0.25) is 0 Å². The zero-order valence-corrected chi connectivity index (χ0v) is 11.5. The number of amides is 1. The summed E-state index contributed by atoms with van der Waals surface area (Å²) in [6.45, 7) is 0. The van der Waals surface area contributed by atoms with E-state index in [0.717, 1.165) is 6.26 Å². The van der Waals surface area contributed by atoms with Gasteiger partial charge >= 0.3 is 0 Å². The van der Waals surface area contributed by atoms with Gasteiger partial charge in [0.05, 0.1) is 22.3 Å². The Bertz CT molecular complexity index is 740. The van der Waals surface area contributed by atoms with Gasteiger partial charge < -0.3 is 11.1 Å². The van der Waals surface area contributed by atoms with E-state index < -0.39 is 9.84 Å². The van der Waals surface area contributed by atoms with Crippen LogP contribution in [0.1, 0.15) is 10.4 Å². The Labute approximate surface area is 116 Å². The molecule has 0 fully saturated rings. The fraction of sp³-hybridized carbons (Fsp3) is 0.0769. The molecule has 0 bridgehead atoms. The van der Waals surface area contributed by atoms with Crippen molar-refractivity contribution in [1.82, 2.24) is 4.98 Å². The van der Waals surface area contributed by atoms with Crippen molar-refractivity contribution in [2.75, 3.05) is 17.3 Å². The van der Waals surface area contributed by atoms with E-state index in [0.29, 0.717) is 11.3 Å². The summed E-state index contributed by atoms with van der Waals surface area (Å²) in [5.41, 5.74) is 6.73. The van der Waals surface area contributed by atoms with Crippen LogP contribution in [0.5, 0.6) is 0 Å². The van der Waals surface area contributed by atoms with Gasteiger partial charge in [0.25, 0.3) is 5.91 Å². The summed E-state index contributed by atoms with van der Waals surface area (Å²) in [6.07, 6.45) is 3.98. The van der Waals surface area contributed by atoms with Gasteiger partial charge in [-0.25, -0.2) is 8.42 Å². The molecular formula is C13H13N3O3S. The molecule has 1 heterocycles. The van der Waals surface area contributed by atoms with Crippen LogP contribution >= 0.6 is 0 Å². The van der Waals surface area contributed by atoms with E-state index >= 15 is 0 Å². The topological polar surface area (TPSA) is 102 Å². The van der Waals surface area contributed by atoms with E-state index in [1.54, 1.807) is 0 Å². The van der Waals surface area contributed by atoms with Gasteiger partial charge in [-0.2, -0.15) is 0 Å². The average molecular weight is 291 g/mol. The highest BCUT2D eigenvalue weighted by Crippen LogP contribution is 2.16. The highest BCUT2D eigenvalue weighted by molar-refractivity contribution is 7.90. The molecule has 1 amide bonds. The van der Waals surface area contributed by atoms with Gasteiger partial charge in [-0.15, -0.1) is 0 Å². The molecule has 0 aliphatic carbocycles. The molecule has 0 unspecified atom stereocenters. The first-order chi connectivity index (χ1) is 9.38. The summed E-state index contributed by atoms with van der Waals surface area (Å²) in [7, 11) is -3.25. The number of benzene rings is 1. The highest BCUT2D eigenvalue weighted by atomic mass is 32.2. The van der Waals surface area contributed by atoms with Gasteiger partial charge in [-0.1, -0.05) is 0 Å². The van der Waals surface area contributed by atoms with Crippen LogP contribution in [0, 0.1) is 0 Å². The number of nitrogen functional groups attached to an aromatic ring is 1. The second kappa shape index (κ2) is 5.30. The molecule has 0 aliphatic rings. The molecule has 1 aromatic heterocycles. The number of anilines is 2. The lowest BCUT2D eigenvalue weighted by atomic mass is 10.2. The molecule has 2 rings (SSSR count). The van der Waals surface area contributed by atoms with Crippen molar-refractivity contribution in [3.63, 3.8) is 0 Å². The second-order valence-corrected chi connectivity index (χ2v) is 6.23. The lowest BCUT2D eigenvalue weighted by Crippen LogP contribution is -2.14. The first-order valence-corrected chi connectivity index (χ1v) is 7.58. The summed E-state index contributed by atoms with van der Waals surface area (Å²) in [4.78, 5) is 16.0. The largest absolute Gasteiger partial charge is 0.397 e. The fourth-order valence-corrected chi connectivity index (χ4v) is 2.23. The molecule has 104 valence electrons. The number of pyridine rings is 1. The maximum absolute atomic E-state index is 12.0. The van der Waals surface area contributed by atoms with E-state index in [9.17, 15) is 13.2 Å². The van der Waals surface area contributed by atoms with Crippen LogP contribution in [0.15, 0.2) is 47.6 Å². The Kier molecular flexibility index (Phi) is 3.71. The molecule has 0 aliphatic heterocycles. The molecule has 2 aromatic rings. The average Bonchev–Trinajstić information content (AvgIpc) is 2.38. The van der Waals surface area contributed by atoms with Crippen LogP contribution in [-0.2, 0) is 9.84 Å². The summed E-state index contributed by atoms with van der Waals surface area (Å²) >= 11 is 0. The van der Waals surface area contributed by atoms with Crippen LogP contribution in [0.4, 0.5) is 11.4 Å². The summed E-state index contributed by atoms with van der Waals surface area (Å²) in [6, 6.07) is 7.41. The number of aromatic nitrogens is 1. The zero-order chi connectivity index (χ0) is 14.8. The quantitative estimate of drug-likeness (QED) is 0.888. The van der Waals surface area contributed by atoms with Gasteiger partial charge in [0.15, 0.2) is 9.84 Å². The van der Waals surface area contributed by atoms with Gasteiger partial charge in [0, 0.05) is 18.1 Å². The van der Waals surface area contributed by atoms with Gasteiger partial charge in [0.1, 0.15) is 0 Å². The Balaban J connectivity index is 2.19. The number of hydrogen-bond donors (Lipinski definition) is 2. The van der Waals surface area contributed by atoms with Crippen LogP contribution in [-0.4, -0.2) is 25.6 Å². The maximum Gasteiger partial charge on any atom is 0.257 e. The number of hydrogen-bond acceptors (Lipinski definition) is 5. The third kappa shape index (κ3) is 3.12.